The molecule has 1 aliphatic heterocycles. The first-order valence-corrected chi connectivity index (χ1v) is 7.52. The van der Waals surface area contributed by atoms with Gasteiger partial charge in [0.05, 0.1) is 18.2 Å². The predicted octanol–water partition coefficient (Wildman–Crippen LogP) is 1.85. The van der Waals surface area contributed by atoms with Gasteiger partial charge in [-0.25, -0.2) is 4.98 Å². The molecule has 20 heavy (non-hydrogen) atoms. The highest BCUT2D eigenvalue weighted by Gasteiger charge is 2.26. The molecule has 1 aliphatic rings. The Bertz CT molecular complexity index is 606. The smallest absolute Gasteiger partial charge is 0.228 e. The van der Waals surface area contributed by atoms with Gasteiger partial charge in [0.25, 0.3) is 0 Å². The molecule has 1 N–H and O–H groups in total. The maximum atomic E-state index is 12.1. The number of aromatic nitrogens is 1. The third-order valence-electron chi connectivity index (χ3n) is 3.50. The van der Waals surface area contributed by atoms with Crippen molar-refractivity contribution in [2.24, 2.45) is 0 Å². The Hall–Kier alpha value is -1.66. The lowest BCUT2D eigenvalue weighted by Crippen LogP contribution is -2.31. The summed E-state index contributed by atoms with van der Waals surface area (Å²) in [4.78, 5) is 18.2. The third-order valence-corrected chi connectivity index (χ3v) is 4.18. The fourth-order valence-electron chi connectivity index (χ4n) is 2.33. The molecule has 0 aromatic carbocycles. The minimum absolute atomic E-state index is 0.00480. The summed E-state index contributed by atoms with van der Waals surface area (Å²) in [7, 11) is 0. The van der Waals surface area contributed by atoms with E-state index in [2.05, 4.69) is 4.98 Å². The van der Waals surface area contributed by atoms with Crippen LogP contribution in [0.25, 0.3) is 11.5 Å². The minimum Gasteiger partial charge on any atom is -0.441 e. The van der Waals surface area contributed by atoms with Crippen molar-refractivity contribution >= 4 is 17.2 Å². The van der Waals surface area contributed by atoms with Crippen LogP contribution in [0.5, 0.6) is 0 Å². The second kappa shape index (κ2) is 5.38. The number of rotatable bonds is 3. The quantitative estimate of drug-likeness (QED) is 0.937. The number of amides is 1. The van der Waals surface area contributed by atoms with Gasteiger partial charge in [-0.1, -0.05) is 0 Å². The lowest BCUT2D eigenvalue weighted by Gasteiger charge is -2.14. The molecule has 0 spiro atoms. The molecular formula is C14H16N2O3S. The molecule has 0 radical (unpaired) electrons. The molecule has 6 heteroatoms. The van der Waals surface area contributed by atoms with Gasteiger partial charge in [0, 0.05) is 24.0 Å². The molecule has 1 amide bonds. The zero-order chi connectivity index (χ0) is 14.1. The highest BCUT2D eigenvalue weighted by Crippen LogP contribution is 2.24. The van der Waals surface area contributed by atoms with Crippen molar-refractivity contribution < 1.29 is 14.3 Å². The molecule has 0 aliphatic carbocycles. The van der Waals surface area contributed by atoms with Gasteiger partial charge in [0.1, 0.15) is 5.76 Å². The Balaban J connectivity index is 1.73. The number of aryl methyl sites for hydroxylation is 1. The summed E-state index contributed by atoms with van der Waals surface area (Å²) in [5.74, 6) is 1.24. The average molecular weight is 292 g/mol. The van der Waals surface area contributed by atoms with E-state index in [0.717, 1.165) is 5.56 Å². The molecular weight excluding hydrogens is 276 g/mol. The van der Waals surface area contributed by atoms with Crippen LogP contribution in [0.2, 0.25) is 0 Å². The van der Waals surface area contributed by atoms with Crippen LogP contribution in [0, 0.1) is 6.92 Å². The van der Waals surface area contributed by atoms with E-state index in [-0.39, 0.29) is 12.3 Å². The standard InChI is InChI=1S/C14H16N2O3S/c1-9-12(6-13(18)16-4-2-11(17)7-16)15-14(19-9)10-3-5-20-8-10/h3,5,8,11,17H,2,4,6-7H2,1H3/t11-/m1/s1. The molecule has 106 valence electrons. The van der Waals surface area contributed by atoms with Crippen molar-refractivity contribution in [2.45, 2.75) is 25.9 Å². The number of aliphatic hydroxyl groups excluding tert-OH is 1. The van der Waals surface area contributed by atoms with Crippen LogP contribution in [-0.2, 0) is 11.2 Å². The summed E-state index contributed by atoms with van der Waals surface area (Å²) in [5.41, 5.74) is 1.62. The van der Waals surface area contributed by atoms with Crippen LogP contribution in [0.3, 0.4) is 0 Å². The molecule has 0 unspecified atom stereocenters. The van der Waals surface area contributed by atoms with Crippen LogP contribution >= 0.6 is 11.3 Å². The maximum absolute atomic E-state index is 12.1. The minimum atomic E-state index is -0.390. The molecule has 1 atom stereocenters. The largest absolute Gasteiger partial charge is 0.441 e. The van der Waals surface area contributed by atoms with Crippen LogP contribution in [-0.4, -0.2) is 40.1 Å². The number of likely N-dealkylation sites (tertiary alicyclic amines) is 1. The zero-order valence-electron chi connectivity index (χ0n) is 11.2. The topological polar surface area (TPSA) is 66.6 Å². The highest BCUT2D eigenvalue weighted by atomic mass is 32.1. The molecule has 2 aromatic rings. The molecule has 2 aromatic heterocycles. The molecule has 0 bridgehead atoms. The number of carbonyl (C=O) groups excluding carboxylic acids is 1. The lowest BCUT2D eigenvalue weighted by molar-refractivity contribution is -0.129. The monoisotopic (exact) mass is 292 g/mol. The molecule has 1 fully saturated rings. The fraction of sp³-hybridized carbons (Fsp3) is 0.429. The number of oxazole rings is 1. The van der Waals surface area contributed by atoms with Crippen LogP contribution in [0.4, 0.5) is 0 Å². The van der Waals surface area contributed by atoms with Gasteiger partial charge in [-0.15, -0.1) is 0 Å². The molecule has 3 heterocycles. The highest BCUT2D eigenvalue weighted by molar-refractivity contribution is 7.08. The van der Waals surface area contributed by atoms with Crippen molar-refractivity contribution in [2.75, 3.05) is 13.1 Å². The van der Waals surface area contributed by atoms with Gasteiger partial charge in [-0.2, -0.15) is 11.3 Å². The Morgan fingerprint density at radius 3 is 3.15 bits per heavy atom. The van der Waals surface area contributed by atoms with E-state index < -0.39 is 6.10 Å². The number of carbonyl (C=O) groups is 1. The van der Waals surface area contributed by atoms with E-state index in [1.165, 1.54) is 0 Å². The second-order valence-corrected chi connectivity index (χ2v) is 5.77. The summed E-state index contributed by atoms with van der Waals surface area (Å²) in [6, 6.07) is 1.94. The van der Waals surface area contributed by atoms with Gasteiger partial charge in [-0.3, -0.25) is 4.79 Å². The SMILES string of the molecule is Cc1oc(-c2ccsc2)nc1CC(=O)N1CC[C@@H](O)C1. The first-order valence-electron chi connectivity index (χ1n) is 6.58. The van der Waals surface area contributed by atoms with Gasteiger partial charge in [-0.05, 0) is 24.8 Å². The van der Waals surface area contributed by atoms with E-state index in [1.54, 1.807) is 16.2 Å². The summed E-state index contributed by atoms with van der Waals surface area (Å²) < 4.78 is 5.62. The normalized spacial score (nSPS) is 18.7. The van der Waals surface area contributed by atoms with Gasteiger partial charge in [0.15, 0.2) is 0 Å². The van der Waals surface area contributed by atoms with E-state index in [1.807, 2.05) is 23.8 Å². The number of nitrogens with zero attached hydrogens (tertiary/aromatic N) is 2. The molecule has 1 saturated heterocycles. The summed E-state index contributed by atoms with van der Waals surface area (Å²) in [5, 5.41) is 13.4. The predicted molar refractivity (Wildman–Crippen MR) is 75.5 cm³/mol. The zero-order valence-corrected chi connectivity index (χ0v) is 12.0. The lowest BCUT2D eigenvalue weighted by atomic mass is 10.2. The van der Waals surface area contributed by atoms with E-state index in [9.17, 15) is 9.90 Å². The van der Waals surface area contributed by atoms with Crippen molar-refractivity contribution in [3.8, 4) is 11.5 Å². The van der Waals surface area contributed by atoms with Crippen molar-refractivity contribution in [1.82, 2.24) is 9.88 Å². The van der Waals surface area contributed by atoms with E-state index >= 15 is 0 Å². The number of aliphatic hydroxyl groups is 1. The number of hydrogen-bond donors (Lipinski definition) is 1. The van der Waals surface area contributed by atoms with Crippen LogP contribution in [0.1, 0.15) is 17.9 Å². The average Bonchev–Trinajstić information content (AvgIpc) is 3.11. The van der Waals surface area contributed by atoms with E-state index in [0.29, 0.717) is 36.9 Å². The van der Waals surface area contributed by atoms with Gasteiger partial charge in [0.2, 0.25) is 11.8 Å². The first-order chi connectivity index (χ1) is 9.63. The van der Waals surface area contributed by atoms with Crippen molar-refractivity contribution in [3.05, 3.63) is 28.3 Å². The van der Waals surface area contributed by atoms with E-state index in [4.69, 9.17) is 4.42 Å². The van der Waals surface area contributed by atoms with Crippen molar-refractivity contribution in [3.63, 3.8) is 0 Å². The Morgan fingerprint density at radius 1 is 1.65 bits per heavy atom. The Morgan fingerprint density at radius 2 is 2.50 bits per heavy atom. The Labute approximate surface area is 120 Å². The number of β-amino-alcohol motifs (C(OH)–C–C–N with tert-alkyl or cyclic N) is 1. The van der Waals surface area contributed by atoms with Gasteiger partial charge < -0.3 is 14.4 Å². The van der Waals surface area contributed by atoms with Crippen LogP contribution in [0.15, 0.2) is 21.2 Å². The number of hydrogen-bond acceptors (Lipinski definition) is 5. The maximum Gasteiger partial charge on any atom is 0.228 e. The summed E-state index contributed by atoms with van der Waals surface area (Å²) >= 11 is 1.58. The van der Waals surface area contributed by atoms with Crippen molar-refractivity contribution in [1.29, 1.82) is 0 Å². The van der Waals surface area contributed by atoms with Gasteiger partial charge >= 0.3 is 0 Å². The molecule has 3 rings (SSSR count). The second-order valence-electron chi connectivity index (χ2n) is 4.99. The fourth-order valence-corrected chi connectivity index (χ4v) is 2.95. The molecule has 0 saturated carbocycles. The summed E-state index contributed by atoms with van der Waals surface area (Å²) in [6.07, 6.45) is 0.495. The molecule has 5 nitrogen and oxygen atoms in total. The summed E-state index contributed by atoms with van der Waals surface area (Å²) in [6.45, 7) is 2.87. The third kappa shape index (κ3) is 2.62. The Kier molecular flexibility index (Phi) is 3.58. The van der Waals surface area contributed by atoms with Crippen LogP contribution < -0.4 is 0 Å². The first kappa shape index (κ1) is 13.3. The number of thiophene rings is 1.